The molecule has 5 rings (SSSR count). The quantitative estimate of drug-likeness (QED) is 0.492. The number of hydrogen-bond acceptors (Lipinski definition) is 4. The molecular formula is C28H30FN3O3S. The van der Waals surface area contributed by atoms with Gasteiger partial charge >= 0.3 is 6.03 Å². The summed E-state index contributed by atoms with van der Waals surface area (Å²) in [6.07, 6.45) is 4.17. The fourth-order valence-corrected chi connectivity index (χ4v) is 6.35. The normalized spacial score (nSPS) is 16.4. The van der Waals surface area contributed by atoms with Crippen molar-refractivity contribution >= 4 is 21.6 Å². The molecule has 1 spiro atoms. The second kappa shape index (κ2) is 9.32. The van der Waals surface area contributed by atoms with Crippen LogP contribution in [0.5, 0.6) is 0 Å². The van der Waals surface area contributed by atoms with Gasteiger partial charge in [-0.2, -0.15) is 0 Å². The van der Waals surface area contributed by atoms with Crippen LogP contribution in [0.25, 0.3) is 11.3 Å². The highest BCUT2D eigenvalue weighted by atomic mass is 32.2. The topological polar surface area (TPSA) is 79.4 Å². The van der Waals surface area contributed by atoms with Gasteiger partial charge in [-0.05, 0) is 73.4 Å². The number of anilines is 1. The minimum absolute atomic E-state index is 0.0513. The number of benzene rings is 2. The number of carbonyl (C=O) groups excluding carboxylic acids is 1. The predicted octanol–water partition coefficient (Wildman–Crippen LogP) is 5.53. The third kappa shape index (κ3) is 4.39. The Hall–Kier alpha value is -3.26. The highest BCUT2D eigenvalue weighted by Gasteiger charge is 2.47. The molecule has 2 heterocycles. The zero-order valence-corrected chi connectivity index (χ0v) is 21.4. The zero-order valence-electron chi connectivity index (χ0n) is 20.6. The minimum Gasteiger partial charge on any atom is -0.334 e. The lowest BCUT2D eigenvalue weighted by Crippen LogP contribution is -2.41. The second-order valence-electron chi connectivity index (χ2n) is 9.80. The van der Waals surface area contributed by atoms with Crippen molar-refractivity contribution in [2.45, 2.75) is 56.4 Å². The molecule has 36 heavy (non-hydrogen) atoms. The Labute approximate surface area is 211 Å². The summed E-state index contributed by atoms with van der Waals surface area (Å²) in [6.45, 7) is 4.38. The first-order chi connectivity index (χ1) is 17.2. The molecule has 1 aliphatic carbocycles. The van der Waals surface area contributed by atoms with Crippen LogP contribution in [0.1, 0.15) is 49.4 Å². The Kier molecular flexibility index (Phi) is 6.32. The highest BCUT2D eigenvalue weighted by molar-refractivity contribution is 7.91. The summed E-state index contributed by atoms with van der Waals surface area (Å²) >= 11 is 0. The number of carbonyl (C=O) groups is 1. The summed E-state index contributed by atoms with van der Waals surface area (Å²) in [5, 5.41) is 2.99. The Balaban J connectivity index is 1.38. The molecule has 0 bridgehead atoms. The number of amides is 2. The first-order valence-corrected chi connectivity index (χ1v) is 14.0. The summed E-state index contributed by atoms with van der Waals surface area (Å²) in [5.74, 6) is -0.218. The van der Waals surface area contributed by atoms with E-state index in [1.807, 2.05) is 19.1 Å². The molecule has 8 heteroatoms. The number of aromatic nitrogens is 1. The summed E-state index contributed by atoms with van der Waals surface area (Å²) in [4.78, 5) is 20.4. The first kappa shape index (κ1) is 24.4. The van der Waals surface area contributed by atoms with Gasteiger partial charge in [0.05, 0.1) is 27.7 Å². The van der Waals surface area contributed by atoms with Gasteiger partial charge in [-0.25, -0.2) is 22.6 Å². The summed E-state index contributed by atoms with van der Waals surface area (Å²) in [6, 6.07) is 15.0. The monoisotopic (exact) mass is 507 g/mol. The fraction of sp³-hybridized carbons (Fsp3) is 0.357. The molecule has 1 aromatic heterocycles. The molecule has 0 radical (unpaired) electrons. The second-order valence-corrected chi connectivity index (χ2v) is 12.1. The van der Waals surface area contributed by atoms with E-state index < -0.39 is 9.84 Å². The van der Waals surface area contributed by atoms with Crippen LogP contribution in [-0.2, 0) is 21.8 Å². The van der Waals surface area contributed by atoms with E-state index in [2.05, 4.69) is 5.32 Å². The molecule has 1 saturated carbocycles. The van der Waals surface area contributed by atoms with Crippen LogP contribution >= 0.6 is 0 Å². The number of nitrogens with one attached hydrogen (secondary N) is 1. The number of sulfone groups is 1. The smallest absolute Gasteiger partial charge is 0.322 e. The Morgan fingerprint density at radius 2 is 1.81 bits per heavy atom. The van der Waals surface area contributed by atoms with Crippen molar-refractivity contribution in [2.24, 2.45) is 0 Å². The summed E-state index contributed by atoms with van der Waals surface area (Å²) in [7, 11) is -3.26. The maximum Gasteiger partial charge on any atom is 0.322 e. The van der Waals surface area contributed by atoms with Crippen LogP contribution in [0.15, 0.2) is 59.5 Å². The molecule has 2 aromatic carbocycles. The third-order valence-electron chi connectivity index (χ3n) is 7.50. The van der Waals surface area contributed by atoms with E-state index in [1.165, 1.54) is 12.1 Å². The van der Waals surface area contributed by atoms with Crippen LogP contribution in [0.2, 0.25) is 0 Å². The molecule has 1 N–H and O–H groups in total. The van der Waals surface area contributed by atoms with Crippen molar-refractivity contribution in [3.63, 3.8) is 0 Å². The molecule has 6 nitrogen and oxygen atoms in total. The van der Waals surface area contributed by atoms with Gasteiger partial charge in [0.15, 0.2) is 9.84 Å². The third-order valence-corrected chi connectivity index (χ3v) is 9.25. The molecule has 1 fully saturated rings. The van der Waals surface area contributed by atoms with Crippen molar-refractivity contribution in [3.05, 3.63) is 77.2 Å². The van der Waals surface area contributed by atoms with Crippen molar-refractivity contribution in [2.75, 3.05) is 17.2 Å². The number of fused-ring (bicyclic) bond motifs is 2. The number of rotatable bonds is 5. The first-order valence-electron chi connectivity index (χ1n) is 12.4. The van der Waals surface area contributed by atoms with E-state index in [1.54, 1.807) is 42.2 Å². The maximum absolute atomic E-state index is 13.6. The average molecular weight is 508 g/mol. The van der Waals surface area contributed by atoms with Gasteiger partial charge < -0.3 is 5.32 Å². The van der Waals surface area contributed by atoms with Gasteiger partial charge in [-0.3, -0.25) is 4.90 Å². The minimum atomic E-state index is -3.26. The molecule has 2 amide bonds. The molecule has 0 atom stereocenters. The van der Waals surface area contributed by atoms with Gasteiger partial charge in [0.1, 0.15) is 5.82 Å². The zero-order chi connectivity index (χ0) is 25.5. The molecule has 1 aliphatic heterocycles. The number of halogens is 1. The number of hydrogen-bond donors (Lipinski definition) is 1. The van der Waals surface area contributed by atoms with Crippen molar-refractivity contribution in [1.82, 2.24) is 10.3 Å². The van der Waals surface area contributed by atoms with Crippen molar-refractivity contribution < 1.29 is 17.6 Å². The van der Waals surface area contributed by atoms with Crippen LogP contribution in [0.3, 0.4) is 0 Å². The van der Waals surface area contributed by atoms with Gasteiger partial charge in [-0.1, -0.05) is 31.9 Å². The lowest BCUT2D eigenvalue weighted by Gasteiger charge is -2.24. The summed E-state index contributed by atoms with van der Waals surface area (Å²) < 4.78 is 37.7. The Morgan fingerprint density at radius 3 is 2.47 bits per heavy atom. The van der Waals surface area contributed by atoms with Gasteiger partial charge in [0.25, 0.3) is 0 Å². The molecule has 0 unspecified atom stereocenters. The van der Waals surface area contributed by atoms with E-state index in [-0.39, 0.29) is 27.9 Å². The van der Waals surface area contributed by atoms with E-state index in [4.69, 9.17) is 4.98 Å². The maximum atomic E-state index is 13.6. The SMILES string of the molecule is CCS(=O)(=O)c1ccc(CNC(=O)N2CC3(CCCC3)c3nc(-c4ccc(F)cc4C)ccc32)cc1. The number of aryl methyl sites for hydroxylation is 1. The number of nitrogens with zero attached hydrogens (tertiary/aromatic N) is 2. The van der Waals surface area contributed by atoms with Crippen LogP contribution in [0.4, 0.5) is 14.9 Å². The van der Waals surface area contributed by atoms with Gasteiger partial charge in [0.2, 0.25) is 0 Å². The Bertz CT molecular complexity index is 1410. The van der Waals surface area contributed by atoms with Crippen LogP contribution < -0.4 is 10.2 Å². The molecule has 188 valence electrons. The van der Waals surface area contributed by atoms with E-state index in [9.17, 15) is 17.6 Å². The lowest BCUT2D eigenvalue weighted by molar-refractivity contribution is 0.245. The van der Waals surface area contributed by atoms with E-state index in [0.29, 0.717) is 13.1 Å². The van der Waals surface area contributed by atoms with Gasteiger partial charge in [0, 0.05) is 24.1 Å². The number of pyridine rings is 1. The Morgan fingerprint density at radius 1 is 1.08 bits per heavy atom. The van der Waals surface area contributed by atoms with E-state index >= 15 is 0 Å². The predicted molar refractivity (Wildman–Crippen MR) is 138 cm³/mol. The van der Waals surface area contributed by atoms with Gasteiger partial charge in [-0.15, -0.1) is 0 Å². The average Bonchev–Trinajstić information content (AvgIpc) is 3.48. The van der Waals surface area contributed by atoms with Crippen LogP contribution in [0, 0.1) is 12.7 Å². The molecule has 3 aromatic rings. The standard InChI is InChI=1S/C28H30FN3O3S/c1-3-36(34,35)22-9-6-20(7-10-22)17-30-27(33)32-18-28(14-4-5-15-28)26-25(32)13-12-24(31-26)23-11-8-21(29)16-19(23)2/h6-13,16H,3-5,14-15,17-18H2,1-2H3,(H,30,33). The molecular weight excluding hydrogens is 477 g/mol. The summed E-state index contributed by atoms with van der Waals surface area (Å²) in [5.41, 5.74) is 4.95. The van der Waals surface area contributed by atoms with Crippen molar-refractivity contribution in [3.8, 4) is 11.3 Å². The lowest BCUT2D eigenvalue weighted by atomic mass is 9.84. The fourth-order valence-electron chi connectivity index (χ4n) is 5.47. The molecule has 2 aliphatic rings. The largest absolute Gasteiger partial charge is 0.334 e. The highest BCUT2D eigenvalue weighted by Crippen LogP contribution is 2.50. The molecule has 0 saturated heterocycles. The van der Waals surface area contributed by atoms with E-state index in [0.717, 1.165) is 59.4 Å². The van der Waals surface area contributed by atoms with Crippen LogP contribution in [-0.4, -0.2) is 31.7 Å². The van der Waals surface area contributed by atoms with Crippen molar-refractivity contribution in [1.29, 1.82) is 0 Å². The number of urea groups is 1.